The van der Waals surface area contributed by atoms with E-state index in [0.717, 1.165) is 32.7 Å². The lowest BCUT2D eigenvalue weighted by molar-refractivity contribution is 1.31. The number of nitrogen functional groups attached to an aromatic ring is 2. The van der Waals surface area contributed by atoms with Gasteiger partial charge in [0.2, 0.25) is 0 Å². The van der Waals surface area contributed by atoms with E-state index in [4.69, 9.17) is 11.5 Å². The molecule has 0 unspecified atom stereocenters. The van der Waals surface area contributed by atoms with E-state index < -0.39 is 0 Å². The third-order valence-corrected chi connectivity index (χ3v) is 7.90. The summed E-state index contributed by atoms with van der Waals surface area (Å²) >= 11 is 5.27. The molecule has 0 aliphatic carbocycles. The van der Waals surface area contributed by atoms with Crippen LogP contribution in [0.15, 0.2) is 117 Å². The van der Waals surface area contributed by atoms with Crippen molar-refractivity contribution in [3.63, 3.8) is 0 Å². The van der Waals surface area contributed by atoms with Gasteiger partial charge in [0.05, 0.1) is 0 Å². The minimum atomic E-state index is 0.832. The first kappa shape index (κ1) is 21.8. The second-order valence-corrected chi connectivity index (χ2v) is 10.3. The van der Waals surface area contributed by atoms with Crippen LogP contribution >= 0.6 is 35.3 Å². The van der Waals surface area contributed by atoms with Gasteiger partial charge in [-0.25, -0.2) is 0 Å². The summed E-state index contributed by atoms with van der Waals surface area (Å²) in [5.74, 6) is 1.84. The Hall–Kier alpha value is -2.47. The highest BCUT2D eigenvalue weighted by Gasteiger charge is 2.06. The molecule has 4 aromatic rings. The highest BCUT2D eigenvalue weighted by molar-refractivity contribution is 7.99. The van der Waals surface area contributed by atoms with E-state index in [1.807, 2.05) is 48.2 Å². The van der Waals surface area contributed by atoms with Crippen LogP contribution in [0.25, 0.3) is 0 Å². The van der Waals surface area contributed by atoms with Gasteiger partial charge >= 0.3 is 0 Å². The molecule has 0 fully saturated rings. The molecule has 4 rings (SSSR count). The average Bonchev–Trinajstić information content (AvgIpc) is 2.79. The third kappa shape index (κ3) is 6.26. The van der Waals surface area contributed by atoms with E-state index >= 15 is 0 Å². The lowest BCUT2D eigenvalue weighted by Gasteiger charge is -2.10. The molecule has 2 nitrogen and oxygen atoms in total. The Morgan fingerprint density at radius 1 is 0.516 bits per heavy atom. The largest absolute Gasteiger partial charge is 0.398 e. The maximum Gasteiger partial charge on any atom is 0.0458 e. The van der Waals surface area contributed by atoms with E-state index in [9.17, 15) is 0 Å². The molecule has 0 radical (unpaired) electrons. The van der Waals surface area contributed by atoms with Crippen molar-refractivity contribution in [3.8, 4) is 0 Å². The molecule has 0 aromatic heterocycles. The molecule has 0 atom stereocenters. The van der Waals surface area contributed by atoms with Gasteiger partial charge in [-0.05, 0) is 59.7 Å². The fourth-order valence-electron chi connectivity index (χ4n) is 3.08. The van der Waals surface area contributed by atoms with Crippen LogP contribution in [0.3, 0.4) is 0 Å². The van der Waals surface area contributed by atoms with E-state index in [0.29, 0.717) is 0 Å². The van der Waals surface area contributed by atoms with Crippen molar-refractivity contribution in [1.82, 2.24) is 0 Å². The minimum absolute atomic E-state index is 0.832. The lowest BCUT2D eigenvalue weighted by atomic mass is 10.2. The van der Waals surface area contributed by atoms with Gasteiger partial charge in [-0.3, -0.25) is 0 Å². The Balaban J connectivity index is 1.32. The molecule has 31 heavy (non-hydrogen) atoms. The van der Waals surface area contributed by atoms with Gasteiger partial charge in [-0.15, -0.1) is 0 Å². The lowest BCUT2D eigenvalue weighted by Crippen LogP contribution is -1.93. The molecule has 0 aliphatic rings. The van der Waals surface area contributed by atoms with Crippen molar-refractivity contribution >= 4 is 46.7 Å². The van der Waals surface area contributed by atoms with Gasteiger partial charge in [0.15, 0.2) is 0 Å². The normalized spacial score (nSPS) is 10.8. The number of rotatable bonds is 8. The highest BCUT2D eigenvalue weighted by atomic mass is 32.2. The fraction of sp³-hybridized carbons (Fsp3) is 0.0769. The molecule has 0 saturated heterocycles. The second kappa shape index (κ2) is 10.7. The van der Waals surface area contributed by atoms with Crippen LogP contribution in [0.1, 0.15) is 11.1 Å². The summed E-state index contributed by atoms with van der Waals surface area (Å²) in [6.07, 6.45) is 0. The zero-order valence-electron chi connectivity index (χ0n) is 17.0. The minimum Gasteiger partial charge on any atom is -0.398 e. The molecular formula is C26H24N2S3. The Bertz CT molecular complexity index is 1040. The van der Waals surface area contributed by atoms with Crippen molar-refractivity contribution in [2.45, 2.75) is 31.1 Å². The van der Waals surface area contributed by atoms with E-state index in [2.05, 4.69) is 60.7 Å². The molecule has 0 saturated carbocycles. The quantitative estimate of drug-likeness (QED) is 0.265. The van der Waals surface area contributed by atoms with Gasteiger partial charge in [-0.1, -0.05) is 72.1 Å². The predicted molar refractivity (Wildman–Crippen MR) is 138 cm³/mol. The standard InChI is InChI=1S/C26H24N2S3/c27-23-15-19(11-13-25(23)30-21-7-3-1-4-8-21)17-29-18-20-12-14-26(24(28)16-20)31-22-9-5-2-6-10-22/h1-16H,17-18,27-28H2. The summed E-state index contributed by atoms with van der Waals surface area (Å²) < 4.78 is 0. The van der Waals surface area contributed by atoms with E-state index in [1.165, 1.54) is 20.9 Å². The number of hydrogen-bond donors (Lipinski definition) is 2. The number of nitrogens with two attached hydrogens (primary N) is 2. The van der Waals surface area contributed by atoms with Gasteiger partial charge in [0.25, 0.3) is 0 Å². The van der Waals surface area contributed by atoms with E-state index in [-0.39, 0.29) is 0 Å². The van der Waals surface area contributed by atoms with Crippen molar-refractivity contribution in [2.24, 2.45) is 0 Å². The molecule has 0 heterocycles. The van der Waals surface area contributed by atoms with Gasteiger partial charge in [0.1, 0.15) is 0 Å². The van der Waals surface area contributed by atoms with Crippen LogP contribution in [0.5, 0.6) is 0 Å². The fourth-order valence-corrected chi connectivity index (χ4v) is 5.73. The van der Waals surface area contributed by atoms with Crippen LogP contribution in [-0.4, -0.2) is 0 Å². The van der Waals surface area contributed by atoms with E-state index in [1.54, 1.807) is 23.5 Å². The Kier molecular flexibility index (Phi) is 7.52. The first-order valence-electron chi connectivity index (χ1n) is 9.98. The van der Waals surface area contributed by atoms with Gasteiger partial charge < -0.3 is 11.5 Å². The molecular weight excluding hydrogens is 437 g/mol. The van der Waals surface area contributed by atoms with Crippen LogP contribution in [0.2, 0.25) is 0 Å². The van der Waals surface area contributed by atoms with Crippen molar-refractivity contribution in [3.05, 3.63) is 108 Å². The molecule has 0 spiro atoms. The number of thioether (sulfide) groups is 1. The van der Waals surface area contributed by atoms with Crippen molar-refractivity contribution in [1.29, 1.82) is 0 Å². The summed E-state index contributed by atoms with van der Waals surface area (Å²) in [5, 5.41) is 0. The maximum absolute atomic E-state index is 6.30. The van der Waals surface area contributed by atoms with Gasteiger partial charge in [-0.2, -0.15) is 11.8 Å². The Morgan fingerprint density at radius 3 is 1.32 bits per heavy atom. The zero-order valence-corrected chi connectivity index (χ0v) is 19.5. The smallest absolute Gasteiger partial charge is 0.0458 e. The maximum atomic E-state index is 6.30. The number of anilines is 2. The van der Waals surface area contributed by atoms with Crippen molar-refractivity contribution in [2.75, 3.05) is 11.5 Å². The predicted octanol–water partition coefficient (Wildman–Crippen LogP) is 7.59. The number of benzene rings is 4. The van der Waals surface area contributed by atoms with Crippen molar-refractivity contribution < 1.29 is 0 Å². The molecule has 0 amide bonds. The third-order valence-electron chi connectivity index (χ3n) is 4.63. The Labute approximate surface area is 196 Å². The molecule has 4 aromatic carbocycles. The zero-order chi connectivity index (χ0) is 21.5. The first-order chi connectivity index (χ1) is 15.2. The monoisotopic (exact) mass is 460 g/mol. The number of hydrogen-bond acceptors (Lipinski definition) is 5. The molecule has 0 bridgehead atoms. The second-order valence-electron chi connectivity index (χ2n) is 7.07. The summed E-state index contributed by atoms with van der Waals surface area (Å²) in [4.78, 5) is 4.59. The summed E-state index contributed by atoms with van der Waals surface area (Å²) in [6.45, 7) is 0. The van der Waals surface area contributed by atoms with Crippen LogP contribution in [0, 0.1) is 0 Å². The molecule has 5 heteroatoms. The topological polar surface area (TPSA) is 52.0 Å². The highest BCUT2D eigenvalue weighted by Crippen LogP contribution is 2.35. The van der Waals surface area contributed by atoms with Crippen LogP contribution in [-0.2, 0) is 11.5 Å². The van der Waals surface area contributed by atoms with Crippen LogP contribution in [0.4, 0.5) is 11.4 Å². The molecule has 4 N–H and O–H groups in total. The molecule has 156 valence electrons. The summed E-state index contributed by atoms with van der Waals surface area (Å²) in [6, 6.07) is 33.4. The van der Waals surface area contributed by atoms with Gasteiger partial charge in [0, 0.05) is 42.5 Å². The first-order valence-corrected chi connectivity index (χ1v) is 12.8. The Morgan fingerprint density at radius 2 is 0.935 bits per heavy atom. The molecule has 0 aliphatic heterocycles. The SMILES string of the molecule is Nc1cc(CSCc2ccc(Sc3ccccc3)c(N)c2)ccc1Sc1ccccc1. The average molecular weight is 461 g/mol. The summed E-state index contributed by atoms with van der Waals surface area (Å²) in [7, 11) is 0. The van der Waals surface area contributed by atoms with Crippen LogP contribution < -0.4 is 11.5 Å². The summed E-state index contributed by atoms with van der Waals surface area (Å²) in [5.41, 5.74) is 16.7.